The van der Waals surface area contributed by atoms with E-state index in [1.165, 1.54) is 0 Å². The molecule has 0 spiro atoms. The van der Waals surface area contributed by atoms with Crippen LogP contribution in [-0.2, 0) is 6.42 Å². The van der Waals surface area contributed by atoms with Crippen LogP contribution in [0.2, 0.25) is 0 Å². The average molecular weight is 320 g/mol. The molecule has 0 saturated carbocycles. The number of pyridine rings is 1. The smallest absolute Gasteiger partial charge is 0.253 e. The molecule has 2 rings (SSSR count). The first-order valence-electron chi connectivity index (χ1n) is 5.90. The predicted molar refractivity (Wildman–Crippen MR) is 78.8 cm³/mol. The van der Waals surface area contributed by atoms with Crippen molar-refractivity contribution in [2.24, 2.45) is 0 Å². The maximum Gasteiger partial charge on any atom is 0.253 e. The van der Waals surface area contributed by atoms with Crippen molar-refractivity contribution >= 4 is 27.5 Å². The van der Waals surface area contributed by atoms with Gasteiger partial charge in [-0.15, -0.1) is 0 Å². The monoisotopic (exact) mass is 319 g/mol. The van der Waals surface area contributed by atoms with Gasteiger partial charge in [0, 0.05) is 35.0 Å². The van der Waals surface area contributed by atoms with Crippen LogP contribution < -0.4 is 11.1 Å². The van der Waals surface area contributed by atoms with Crippen molar-refractivity contribution in [1.29, 1.82) is 0 Å². The molecule has 0 bridgehead atoms. The summed E-state index contributed by atoms with van der Waals surface area (Å²) in [5, 5.41) is 2.83. The Kier molecular flexibility index (Phi) is 4.52. The fourth-order valence-electron chi connectivity index (χ4n) is 1.69. The number of rotatable bonds is 4. The SMILES string of the molecule is Nc1cc(Br)ccc1C(=O)NCCc1ccccn1. The molecule has 3 N–H and O–H groups in total. The molecule has 0 aliphatic carbocycles. The molecule has 4 nitrogen and oxygen atoms in total. The van der Waals surface area contributed by atoms with Crippen LogP contribution in [-0.4, -0.2) is 17.4 Å². The van der Waals surface area contributed by atoms with E-state index in [1.807, 2.05) is 18.2 Å². The third-order valence-corrected chi connectivity index (χ3v) is 3.14. The van der Waals surface area contributed by atoms with Gasteiger partial charge in [-0.3, -0.25) is 9.78 Å². The fourth-order valence-corrected chi connectivity index (χ4v) is 2.06. The number of nitrogens with zero attached hydrogens (tertiary/aromatic N) is 1. The van der Waals surface area contributed by atoms with Gasteiger partial charge >= 0.3 is 0 Å². The second kappa shape index (κ2) is 6.33. The summed E-state index contributed by atoms with van der Waals surface area (Å²) in [6, 6.07) is 10.9. The molecule has 0 fully saturated rings. The second-order valence-electron chi connectivity index (χ2n) is 4.06. The first-order valence-corrected chi connectivity index (χ1v) is 6.69. The predicted octanol–water partition coefficient (Wildman–Crippen LogP) is 2.40. The molecule has 0 atom stereocenters. The van der Waals surface area contributed by atoms with Gasteiger partial charge in [0.05, 0.1) is 5.56 Å². The lowest BCUT2D eigenvalue weighted by Gasteiger charge is -2.07. The lowest BCUT2D eigenvalue weighted by Crippen LogP contribution is -2.26. The quantitative estimate of drug-likeness (QED) is 0.850. The van der Waals surface area contributed by atoms with Gasteiger partial charge in [0.15, 0.2) is 0 Å². The Bertz CT molecular complexity index is 572. The van der Waals surface area contributed by atoms with Gasteiger partial charge in [0.25, 0.3) is 5.91 Å². The number of anilines is 1. The largest absolute Gasteiger partial charge is 0.398 e. The van der Waals surface area contributed by atoms with Gasteiger partial charge < -0.3 is 11.1 Å². The van der Waals surface area contributed by atoms with Crippen LogP contribution in [0.1, 0.15) is 16.1 Å². The molecule has 0 radical (unpaired) electrons. The first-order chi connectivity index (χ1) is 9.16. The van der Waals surface area contributed by atoms with E-state index >= 15 is 0 Å². The Balaban J connectivity index is 1.91. The van der Waals surface area contributed by atoms with Crippen molar-refractivity contribution in [2.45, 2.75) is 6.42 Å². The van der Waals surface area contributed by atoms with Gasteiger partial charge in [0.2, 0.25) is 0 Å². The van der Waals surface area contributed by atoms with Crippen molar-refractivity contribution in [1.82, 2.24) is 10.3 Å². The Morgan fingerprint density at radius 3 is 2.84 bits per heavy atom. The Morgan fingerprint density at radius 2 is 2.16 bits per heavy atom. The number of carbonyl (C=O) groups is 1. The topological polar surface area (TPSA) is 68.0 Å². The number of carbonyl (C=O) groups excluding carboxylic acids is 1. The zero-order chi connectivity index (χ0) is 13.7. The summed E-state index contributed by atoms with van der Waals surface area (Å²) in [4.78, 5) is 16.1. The zero-order valence-corrected chi connectivity index (χ0v) is 11.9. The highest BCUT2D eigenvalue weighted by Gasteiger charge is 2.09. The van der Waals surface area contributed by atoms with E-state index in [1.54, 1.807) is 24.4 Å². The summed E-state index contributed by atoms with van der Waals surface area (Å²) in [6.45, 7) is 0.533. The van der Waals surface area contributed by atoms with Gasteiger partial charge in [-0.25, -0.2) is 0 Å². The van der Waals surface area contributed by atoms with Crippen LogP contribution in [0.15, 0.2) is 47.1 Å². The Hall–Kier alpha value is -1.88. The number of hydrogen-bond donors (Lipinski definition) is 2. The van der Waals surface area contributed by atoms with Crippen LogP contribution in [0, 0.1) is 0 Å². The van der Waals surface area contributed by atoms with Crippen molar-refractivity contribution in [2.75, 3.05) is 12.3 Å². The number of halogens is 1. The molecule has 98 valence electrons. The third-order valence-electron chi connectivity index (χ3n) is 2.65. The number of nitrogens with two attached hydrogens (primary N) is 1. The number of amides is 1. The van der Waals surface area contributed by atoms with E-state index < -0.39 is 0 Å². The molecule has 1 aromatic heterocycles. The molecule has 2 aromatic rings. The normalized spacial score (nSPS) is 10.2. The molecule has 1 aromatic carbocycles. The minimum atomic E-state index is -0.166. The average Bonchev–Trinajstić information content (AvgIpc) is 2.39. The van der Waals surface area contributed by atoms with E-state index in [9.17, 15) is 4.79 Å². The highest BCUT2D eigenvalue weighted by molar-refractivity contribution is 9.10. The first kappa shape index (κ1) is 13.5. The third kappa shape index (κ3) is 3.79. The van der Waals surface area contributed by atoms with E-state index in [0.29, 0.717) is 24.2 Å². The molecule has 5 heteroatoms. The maximum atomic E-state index is 11.9. The van der Waals surface area contributed by atoms with Gasteiger partial charge in [0.1, 0.15) is 0 Å². The molecular formula is C14H14BrN3O. The van der Waals surface area contributed by atoms with Crippen LogP contribution in [0.4, 0.5) is 5.69 Å². The molecule has 0 aliphatic rings. The summed E-state index contributed by atoms with van der Waals surface area (Å²) in [5.41, 5.74) is 7.71. The number of hydrogen-bond acceptors (Lipinski definition) is 3. The van der Waals surface area contributed by atoms with Gasteiger partial charge in [-0.05, 0) is 30.3 Å². The minimum absolute atomic E-state index is 0.166. The van der Waals surface area contributed by atoms with Gasteiger partial charge in [-0.2, -0.15) is 0 Å². The number of aromatic nitrogens is 1. The zero-order valence-electron chi connectivity index (χ0n) is 10.3. The van der Waals surface area contributed by atoms with Crippen molar-refractivity contribution in [3.63, 3.8) is 0 Å². The van der Waals surface area contributed by atoms with E-state index in [4.69, 9.17) is 5.73 Å². The van der Waals surface area contributed by atoms with Crippen molar-refractivity contribution in [3.05, 3.63) is 58.3 Å². The van der Waals surface area contributed by atoms with Gasteiger partial charge in [-0.1, -0.05) is 22.0 Å². The van der Waals surface area contributed by atoms with Crippen LogP contribution in [0.3, 0.4) is 0 Å². The molecule has 1 amide bonds. The van der Waals surface area contributed by atoms with Crippen LogP contribution >= 0.6 is 15.9 Å². The Labute approximate surface area is 120 Å². The number of benzene rings is 1. The maximum absolute atomic E-state index is 11.9. The van der Waals surface area contributed by atoms with Crippen molar-refractivity contribution in [3.8, 4) is 0 Å². The highest BCUT2D eigenvalue weighted by atomic mass is 79.9. The Morgan fingerprint density at radius 1 is 1.32 bits per heavy atom. The second-order valence-corrected chi connectivity index (χ2v) is 4.97. The molecule has 0 aliphatic heterocycles. The molecule has 19 heavy (non-hydrogen) atoms. The minimum Gasteiger partial charge on any atom is -0.398 e. The standard InChI is InChI=1S/C14H14BrN3O/c15-10-4-5-12(13(16)9-10)14(19)18-8-6-11-3-1-2-7-17-11/h1-5,7,9H,6,8,16H2,(H,18,19). The van der Waals surface area contributed by atoms with E-state index in [-0.39, 0.29) is 5.91 Å². The summed E-state index contributed by atoms with van der Waals surface area (Å²) in [6.07, 6.45) is 2.44. The molecule has 1 heterocycles. The lowest BCUT2D eigenvalue weighted by atomic mass is 10.1. The molecule has 0 saturated heterocycles. The summed E-state index contributed by atoms with van der Waals surface area (Å²) >= 11 is 3.31. The summed E-state index contributed by atoms with van der Waals surface area (Å²) < 4.78 is 0.857. The van der Waals surface area contributed by atoms with Crippen LogP contribution in [0.25, 0.3) is 0 Å². The fraction of sp³-hybridized carbons (Fsp3) is 0.143. The number of nitrogen functional groups attached to an aromatic ring is 1. The summed E-state index contributed by atoms with van der Waals surface area (Å²) in [7, 11) is 0. The van der Waals surface area contributed by atoms with Crippen LogP contribution in [0.5, 0.6) is 0 Å². The summed E-state index contributed by atoms with van der Waals surface area (Å²) in [5.74, 6) is -0.166. The van der Waals surface area contributed by atoms with E-state index in [0.717, 1.165) is 10.2 Å². The molecular weight excluding hydrogens is 306 g/mol. The number of nitrogens with one attached hydrogen (secondary N) is 1. The van der Waals surface area contributed by atoms with Crippen molar-refractivity contribution < 1.29 is 4.79 Å². The molecule has 0 unspecified atom stereocenters. The van der Waals surface area contributed by atoms with E-state index in [2.05, 4.69) is 26.2 Å². The lowest BCUT2D eigenvalue weighted by molar-refractivity contribution is 0.0955. The highest BCUT2D eigenvalue weighted by Crippen LogP contribution is 2.18.